The number of anilines is 2. The molecule has 5 rings (SSSR count). The number of aryl methyl sites for hydroxylation is 1. The Balaban J connectivity index is 1.19. The maximum atomic E-state index is 13.6. The Hall–Kier alpha value is -3.56. The van der Waals surface area contributed by atoms with Crippen molar-refractivity contribution >= 4 is 17.3 Å². The second-order valence-electron chi connectivity index (χ2n) is 10.5. The third kappa shape index (κ3) is 7.80. The van der Waals surface area contributed by atoms with Crippen molar-refractivity contribution in [2.24, 2.45) is 0 Å². The minimum atomic E-state index is -4.39. The Kier molecular flexibility index (Phi) is 9.46. The standard InChI is InChI=1S/C32H36F3N3O3/c33-32(34,35)24-41-30-13-7-6-12-29(30)37-19-17-36(18-20-37)22-27-15-14-26-10-4-5-11-28(26)38(27)31(39)16-21-40-23-25-8-2-1-3-9-25/h1-13,27H,14-24H2. The number of carbonyl (C=O) groups excluding carboxylic acids is 1. The van der Waals surface area contributed by atoms with Gasteiger partial charge in [-0.1, -0.05) is 60.7 Å². The number of ether oxygens (including phenoxy) is 2. The first-order valence-electron chi connectivity index (χ1n) is 14.1. The molecule has 1 unspecified atom stereocenters. The highest BCUT2D eigenvalue weighted by molar-refractivity contribution is 5.95. The molecular weight excluding hydrogens is 531 g/mol. The zero-order chi connectivity index (χ0) is 28.7. The monoisotopic (exact) mass is 567 g/mol. The summed E-state index contributed by atoms with van der Waals surface area (Å²) in [6.07, 6.45) is -2.29. The van der Waals surface area contributed by atoms with Gasteiger partial charge in [-0.25, -0.2) is 0 Å². The third-order valence-corrected chi connectivity index (χ3v) is 7.64. The number of rotatable bonds is 10. The van der Waals surface area contributed by atoms with Crippen molar-refractivity contribution in [2.75, 3.05) is 55.7 Å². The van der Waals surface area contributed by atoms with E-state index >= 15 is 0 Å². The number of hydrogen-bond acceptors (Lipinski definition) is 5. The highest BCUT2D eigenvalue weighted by Crippen LogP contribution is 2.33. The number of carbonyl (C=O) groups is 1. The van der Waals surface area contributed by atoms with Crippen molar-refractivity contribution in [1.82, 2.24) is 4.90 Å². The summed E-state index contributed by atoms with van der Waals surface area (Å²) in [5.41, 5.74) is 3.92. The van der Waals surface area contributed by atoms with Gasteiger partial charge >= 0.3 is 6.18 Å². The van der Waals surface area contributed by atoms with Crippen LogP contribution in [0.4, 0.5) is 24.5 Å². The number of halogens is 3. The Morgan fingerprint density at radius 2 is 1.54 bits per heavy atom. The van der Waals surface area contributed by atoms with Gasteiger partial charge in [-0.3, -0.25) is 9.69 Å². The summed E-state index contributed by atoms with van der Waals surface area (Å²) in [5.74, 6) is 0.304. The Morgan fingerprint density at radius 3 is 2.29 bits per heavy atom. The second kappa shape index (κ2) is 13.4. The molecule has 0 aromatic heterocycles. The van der Waals surface area contributed by atoms with Gasteiger partial charge < -0.3 is 19.3 Å². The van der Waals surface area contributed by atoms with Crippen LogP contribution < -0.4 is 14.5 Å². The molecule has 2 aliphatic heterocycles. The first kappa shape index (κ1) is 29.0. The molecule has 0 aliphatic carbocycles. The number of hydrogen-bond donors (Lipinski definition) is 0. The van der Waals surface area contributed by atoms with Gasteiger partial charge in [0.2, 0.25) is 5.91 Å². The fourth-order valence-electron chi connectivity index (χ4n) is 5.63. The molecule has 0 bridgehead atoms. The van der Waals surface area contributed by atoms with E-state index in [9.17, 15) is 18.0 Å². The molecule has 218 valence electrons. The predicted octanol–water partition coefficient (Wildman–Crippen LogP) is 5.70. The van der Waals surface area contributed by atoms with E-state index in [1.165, 1.54) is 5.56 Å². The lowest BCUT2D eigenvalue weighted by molar-refractivity contribution is -0.153. The minimum absolute atomic E-state index is 0.0421. The lowest BCUT2D eigenvalue weighted by atomic mass is 9.94. The van der Waals surface area contributed by atoms with Crippen molar-refractivity contribution in [3.05, 3.63) is 90.0 Å². The van der Waals surface area contributed by atoms with E-state index in [0.717, 1.165) is 43.7 Å². The van der Waals surface area contributed by atoms with Gasteiger partial charge in [-0.15, -0.1) is 0 Å². The Morgan fingerprint density at radius 1 is 0.854 bits per heavy atom. The second-order valence-corrected chi connectivity index (χ2v) is 10.5. The molecule has 1 fully saturated rings. The van der Waals surface area contributed by atoms with Crippen LogP contribution in [-0.2, 0) is 22.6 Å². The molecule has 2 heterocycles. The van der Waals surface area contributed by atoms with Gasteiger partial charge in [0.05, 0.1) is 25.3 Å². The SMILES string of the molecule is O=C(CCOCc1ccccc1)N1c2ccccc2CCC1CN1CCN(c2ccccc2OCC(F)(F)F)CC1. The van der Waals surface area contributed by atoms with E-state index in [1.807, 2.05) is 59.5 Å². The van der Waals surface area contributed by atoms with E-state index in [0.29, 0.717) is 38.4 Å². The van der Waals surface area contributed by atoms with Gasteiger partial charge in [0, 0.05) is 44.5 Å². The van der Waals surface area contributed by atoms with Crippen LogP contribution in [0.1, 0.15) is 24.0 Å². The molecule has 9 heteroatoms. The van der Waals surface area contributed by atoms with Crippen LogP contribution in [0.25, 0.3) is 0 Å². The first-order valence-corrected chi connectivity index (χ1v) is 14.1. The molecule has 6 nitrogen and oxygen atoms in total. The summed E-state index contributed by atoms with van der Waals surface area (Å²) >= 11 is 0. The van der Waals surface area contributed by atoms with Crippen molar-refractivity contribution < 1.29 is 27.4 Å². The zero-order valence-corrected chi connectivity index (χ0v) is 23.1. The maximum Gasteiger partial charge on any atom is 0.422 e. The average Bonchev–Trinajstić information content (AvgIpc) is 2.99. The van der Waals surface area contributed by atoms with Crippen LogP contribution in [-0.4, -0.2) is 69.0 Å². The van der Waals surface area contributed by atoms with Crippen molar-refractivity contribution in [3.63, 3.8) is 0 Å². The number of piperazine rings is 1. The zero-order valence-electron chi connectivity index (χ0n) is 23.1. The minimum Gasteiger partial charge on any atom is -0.482 e. The summed E-state index contributed by atoms with van der Waals surface area (Å²) in [6.45, 7) is 3.07. The van der Waals surface area contributed by atoms with Gasteiger partial charge in [0.25, 0.3) is 0 Å². The molecule has 1 amide bonds. The smallest absolute Gasteiger partial charge is 0.422 e. The van der Waals surface area contributed by atoms with Gasteiger partial charge in [0.1, 0.15) is 5.75 Å². The summed E-state index contributed by atoms with van der Waals surface area (Å²) in [5, 5.41) is 0. The Labute approximate surface area is 239 Å². The van der Waals surface area contributed by atoms with E-state index in [2.05, 4.69) is 15.9 Å². The van der Waals surface area contributed by atoms with E-state index in [-0.39, 0.29) is 17.7 Å². The Bertz CT molecular complexity index is 1280. The molecule has 41 heavy (non-hydrogen) atoms. The molecule has 0 saturated carbocycles. The van der Waals surface area contributed by atoms with Crippen molar-refractivity contribution in [2.45, 2.75) is 38.1 Å². The highest BCUT2D eigenvalue weighted by Gasteiger charge is 2.33. The normalized spacial score (nSPS) is 17.8. The lowest BCUT2D eigenvalue weighted by Crippen LogP contribution is -2.54. The number of nitrogens with zero attached hydrogens (tertiary/aromatic N) is 3. The van der Waals surface area contributed by atoms with Crippen LogP contribution in [0, 0.1) is 0 Å². The molecule has 0 radical (unpaired) electrons. The molecule has 0 N–H and O–H groups in total. The molecule has 1 atom stereocenters. The van der Waals surface area contributed by atoms with Crippen molar-refractivity contribution in [1.29, 1.82) is 0 Å². The summed E-state index contributed by atoms with van der Waals surface area (Å²) in [7, 11) is 0. The number of amides is 1. The van der Waals surface area contributed by atoms with Crippen LogP contribution in [0.2, 0.25) is 0 Å². The van der Waals surface area contributed by atoms with Crippen LogP contribution in [0.5, 0.6) is 5.75 Å². The lowest BCUT2D eigenvalue weighted by Gasteiger charge is -2.42. The van der Waals surface area contributed by atoms with Crippen LogP contribution in [0.15, 0.2) is 78.9 Å². The van der Waals surface area contributed by atoms with E-state index in [1.54, 1.807) is 18.2 Å². The number of para-hydroxylation sites is 3. The molecular formula is C32H36F3N3O3. The summed E-state index contributed by atoms with van der Waals surface area (Å²) in [6, 6.07) is 25.0. The fraction of sp³-hybridized carbons (Fsp3) is 0.406. The van der Waals surface area contributed by atoms with E-state index in [4.69, 9.17) is 9.47 Å². The van der Waals surface area contributed by atoms with Gasteiger partial charge in [-0.05, 0) is 42.2 Å². The first-order chi connectivity index (χ1) is 19.9. The highest BCUT2D eigenvalue weighted by atomic mass is 19.4. The topological polar surface area (TPSA) is 45.2 Å². The molecule has 3 aromatic carbocycles. The number of fused-ring (bicyclic) bond motifs is 1. The third-order valence-electron chi connectivity index (χ3n) is 7.64. The average molecular weight is 568 g/mol. The quantitative estimate of drug-likeness (QED) is 0.294. The van der Waals surface area contributed by atoms with Crippen LogP contribution in [0.3, 0.4) is 0 Å². The van der Waals surface area contributed by atoms with Crippen molar-refractivity contribution in [3.8, 4) is 5.75 Å². The number of benzene rings is 3. The molecule has 1 saturated heterocycles. The molecule has 0 spiro atoms. The summed E-state index contributed by atoms with van der Waals surface area (Å²) < 4.78 is 49.2. The largest absolute Gasteiger partial charge is 0.482 e. The van der Waals surface area contributed by atoms with Gasteiger partial charge in [-0.2, -0.15) is 13.2 Å². The summed E-state index contributed by atoms with van der Waals surface area (Å²) in [4.78, 5) is 19.9. The number of alkyl halides is 3. The molecule has 3 aromatic rings. The van der Waals surface area contributed by atoms with Crippen LogP contribution >= 0.6 is 0 Å². The predicted molar refractivity (Wildman–Crippen MR) is 153 cm³/mol. The molecule has 2 aliphatic rings. The van der Waals surface area contributed by atoms with Gasteiger partial charge in [0.15, 0.2) is 6.61 Å². The fourth-order valence-corrected chi connectivity index (χ4v) is 5.63. The maximum absolute atomic E-state index is 13.6. The van der Waals surface area contributed by atoms with E-state index < -0.39 is 12.8 Å².